The monoisotopic (exact) mass is 506 g/mol. The molecule has 0 bridgehead atoms. The van der Waals surface area contributed by atoms with Gasteiger partial charge in [0.2, 0.25) is 5.91 Å². The molecule has 2 aliphatic rings. The second-order valence-electron chi connectivity index (χ2n) is 10.7. The van der Waals surface area contributed by atoms with Crippen LogP contribution in [0.5, 0.6) is 0 Å². The summed E-state index contributed by atoms with van der Waals surface area (Å²) in [6.45, 7) is 4.88. The number of methoxy groups -OCH3 is 1. The Hall–Kier alpha value is -3.52. The van der Waals surface area contributed by atoms with E-state index in [0.717, 1.165) is 40.7 Å². The number of carbonyl (C=O) groups excluding carboxylic acids is 2. The Morgan fingerprint density at radius 2 is 1.89 bits per heavy atom. The van der Waals surface area contributed by atoms with Gasteiger partial charge in [-0.15, -0.1) is 0 Å². The Morgan fingerprint density at radius 1 is 1.11 bits per heavy atom. The van der Waals surface area contributed by atoms with Crippen molar-refractivity contribution in [1.29, 1.82) is 0 Å². The van der Waals surface area contributed by atoms with Gasteiger partial charge in [-0.25, -0.2) is 4.39 Å². The van der Waals surface area contributed by atoms with Gasteiger partial charge in [0.15, 0.2) is 5.78 Å². The molecule has 0 fully saturated rings. The fourth-order valence-corrected chi connectivity index (χ4v) is 5.86. The average Bonchev–Trinajstić information content (AvgIpc) is 3.39. The first-order chi connectivity index (χ1) is 17.7. The molecule has 1 aliphatic carbocycles. The molecule has 0 spiro atoms. The summed E-state index contributed by atoms with van der Waals surface area (Å²) in [4.78, 5) is 40.2. The normalized spacial score (nSPS) is 17.9. The number of rotatable bonds is 7. The van der Waals surface area contributed by atoms with Gasteiger partial charge in [-0.05, 0) is 64.1 Å². The number of hydrogen-bond donors (Lipinski definition) is 1. The van der Waals surface area contributed by atoms with Crippen molar-refractivity contribution >= 4 is 11.7 Å². The molecular weight excluding hydrogens is 475 g/mol. The third-order valence-corrected chi connectivity index (χ3v) is 7.58. The molecule has 1 N–H and O–H groups in total. The summed E-state index contributed by atoms with van der Waals surface area (Å²) in [5.41, 5.74) is 4.41. The summed E-state index contributed by atoms with van der Waals surface area (Å²) in [6.07, 6.45) is 2.11. The number of H-pyrrole nitrogens is 1. The van der Waals surface area contributed by atoms with E-state index in [4.69, 9.17) is 9.26 Å². The molecule has 0 saturated carbocycles. The number of aromatic amines is 1. The second-order valence-corrected chi connectivity index (χ2v) is 10.7. The Kier molecular flexibility index (Phi) is 6.62. The lowest BCUT2D eigenvalue weighted by Crippen LogP contribution is -2.44. The van der Waals surface area contributed by atoms with Crippen molar-refractivity contribution in [1.82, 2.24) is 10.1 Å². The average molecular weight is 507 g/mol. The SMILES string of the molecule is COCc1ccc2c(c1)CCN(C(=O)Cc1cc(=O)[nH]o1)[C@H]2C(=O)Cc1cc(F)c2c(c1)CCC2(C)C. The van der Waals surface area contributed by atoms with Gasteiger partial charge >= 0.3 is 0 Å². The third-order valence-electron chi connectivity index (χ3n) is 7.58. The molecule has 8 heteroatoms. The molecule has 1 aromatic heterocycles. The van der Waals surface area contributed by atoms with Crippen LogP contribution >= 0.6 is 0 Å². The largest absolute Gasteiger partial charge is 0.383 e. The number of Topliss-reactive ketones (excluding diaryl/α,β-unsaturated/α-hetero) is 1. The van der Waals surface area contributed by atoms with E-state index in [1.807, 2.05) is 38.1 Å². The molecule has 5 rings (SSSR count). The van der Waals surface area contributed by atoms with Crippen molar-refractivity contribution in [2.24, 2.45) is 0 Å². The van der Waals surface area contributed by atoms with Crippen molar-refractivity contribution < 1.29 is 23.2 Å². The molecule has 7 nitrogen and oxygen atoms in total. The van der Waals surface area contributed by atoms with Crippen LogP contribution in [0.15, 0.2) is 45.7 Å². The van der Waals surface area contributed by atoms with Crippen LogP contribution in [0, 0.1) is 5.82 Å². The predicted octanol–water partition coefficient (Wildman–Crippen LogP) is 3.96. The highest BCUT2D eigenvalue weighted by atomic mass is 19.1. The van der Waals surface area contributed by atoms with E-state index in [0.29, 0.717) is 25.1 Å². The van der Waals surface area contributed by atoms with Gasteiger partial charge in [0.05, 0.1) is 13.0 Å². The van der Waals surface area contributed by atoms with E-state index in [2.05, 4.69) is 5.16 Å². The molecule has 1 amide bonds. The Balaban J connectivity index is 1.47. The van der Waals surface area contributed by atoms with Crippen molar-refractivity contribution in [3.8, 4) is 0 Å². The number of nitrogens with one attached hydrogen (secondary N) is 1. The van der Waals surface area contributed by atoms with Crippen molar-refractivity contribution in [3.05, 3.63) is 91.7 Å². The van der Waals surface area contributed by atoms with Crippen LogP contribution in [-0.2, 0) is 52.0 Å². The number of aromatic nitrogens is 1. The van der Waals surface area contributed by atoms with E-state index in [1.165, 1.54) is 12.1 Å². The number of fused-ring (bicyclic) bond motifs is 2. The number of ether oxygens (including phenoxy) is 1. The number of hydrogen-bond acceptors (Lipinski definition) is 5. The maximum absolute atomic E-state index is 15.1. The summed E-state index contributed by atoms with van der Waals surface area (Å²) < 4.78 is 25.5. The zero-order valence-corrected chi connectivity index (χ0v) is 21.4. The fourth-order valence-electron chi connectivity index (χ4n) is 5.86. The minimum atomic E-state index is -0.814. The number of ketones is 1. The Labute approximate surface area is 214 Å². The van der Waals surface area contributed by atoms with Crippen LogP contribution < -0.4 is 5.56 Å². The minimum Gasteiger partial charge on any atom is -0.383 e. The van der Waals surface area contributed by atoms with Crippen LogP contribution in [0.1, 0.15) is 65.5 Å². The smallest absolute Gasteiger partial charge is 0.280 e. The zero-order chi connectivity index (χ0) is 26.3. The number of nitrogens with zero attached hydrogens (tertiary/aromatic N) is 1. The van der Waals surface area contributed by atoms with Gasteiger partial charge in [-0.3, -0.25) is 14.4 Å². The molecule has 194 valence electrons. The summed E-state index contributed by atoms with van der Waals surface area (Å²) >= 11 is 0. The molecule has 0 saturated heterocycles. The number of carbonyl (C=O) groups is 2. The fraction of sp³-hybridized carbons (Fsp3) is 0.414. The van der Waals surface area contributed by atoms with Crippen LogP contribution in [0.4, 0.5) is 4.39 Å². The number of halogens is 1. The van der Waals surface area contributed by atoms with Crippen LogP contribution in [0.3, 0.4) is 0 Å². The predicted molar refractivity (Wildman–Crippen MR) is 135 cm³/mol. The molecule has 0 unspecified atom stereocenters. The summed E-state index contributed by atoms with van der Waals surface area (Å²) in [5, 5.41) is 2.19. The molecule has 37 heavy (non-hydrogen) atoms. The Bertz CT molecular complexity index is 1420. The van der Waals surface area contributed by atoms with Gasteiger partial charge in [-0.1, -0.05) is 38.1 Å². The summed E-state index contributed by atoms with van der Waals surface area (Å²) in [7, 11) is 1.63. The van der Waals surface area contributed by atoms with Crippen molar-refractivity contribution in [2.45, 2.75) is 64.0 Å². The molecule has 1 aliphatic heterocycles. The summed E-state index contributed by atoms with van der Waals surface area (Å²) in [6, 6.07) is 9.63. The first kappa shape index (κ1) is 25.1. The second kappa shape index (κ2) is 9.74. The molecule has 3 aromatic rings. The van der Waals surface area contributed by atoms with E-state index in [-0.39, 0.29) is 41.5 Å². The quantitative estimate of drug-likeness (QED) is 0.524. The highest BCUT2D eigenvalue weighted by Crippen LogP contribution is 2.41. The van der Waals surface area contributed by atoms with Gasteiger partial charge in [-0.2, -0.15) is 5.16 Å². The van der Waals surface area contributed by atoms with Gasteiger partial charge in [0, 0.05) is 26.1 Å². The van der Waals surface area contributed by atoms with Gasteiger partial charge < -0.3 is 14.2 Å². The standard InChI is InChI=1S/C29H31FN2O5/c1-29(2)8-6-20-11-18(12-23(30)27(20)29)13-24(33)28-22-5-4-17(16-36-3)10-19(22)7-9-32(28)26(35)15-21-14-25(34)31-37-21/h4-5,10-12,14,28H,6-9,13,15-16H2,1-3H3,(H,31,34)/t28-/m1/s1. The van der Waals surface area contributed by atoms with E-state index < -0.39 is 11.6 Å². The highest BCUT2D eigenvalue weighted by Gasteiger charge is 2.37. The molecular formula is C29H31FN2O5. The van der Waals surface area contributed by atoms with E-state index in [1.54, 1.807) is 12.0 Å². The lowest BCUT2D eigenvalue weighted by atomic mass is 9.84. The maximum atomic E-state index is 15.1. The minimum absolute atomic E-state index is 0.0115. The van der Waals surface area contributed by atoms with Crippen LogP contribution in [-0.4, -0.2) is 35.4 Å². The van der Waals surface area contributed by atoms with Gasteiger partial charge in [0.1, 0.15) is 17.6 Å². The van der Waals surface area contributed by atoms with Crippen molar-refractivity contribution in [2.75, 3.05) is 13.7 Å². The van der Waals surface area contributed by atoms with Gasteiger partial charge in [0.25, 0.3) is 5.56 Å². The number of benzene rings is 2. The lowest BCUT2D eigenvalue weighted by molar-refractivity contribution is -0.140. The van der Waals surface area contributed by atoms with E-state index >= 15 is 4.39 Å². The lowest BCUT2D eigenvalue weighted by Gasteiger charge is -2.37. The molecule has 1 atom stereocenters. The number of amides is 1. The highest BCUT2D eigenvalue weighted by molar-refractivity contribution is 5.92. The van der Waals surface area contributed by atoms with Crippen LogP contribution in [0.25, 0.3) is 0 Å². The first-order valence-corrected chi connectivity index (χ1v) is 12.6. The Morgan fingerprint density at radius 3 is 2.62 bits per heavy atom. The summed E-state index contributed by atoms with van der Waals surface area (Å²) in [5.74, 6) is -0.548. The topological polar surface area (TPSA) is 92.6 Å². The molecule has 2 aromatic carbocycles. The molecule has 0 radical (unpaired) electrons. The third kappa shape index (κ3) is 4.90. The van der Waals surface area contributed by atoms with Crippen LogP contribution in [0.2, 0.25) is 0 Å². The molecule has 2 heterocycles. The zero-order valence-electron chi connectivity index (χ0n) is 21.4. The maximum Gasteiger partial charge on any atom is 0.280 e. The first-order valence-electron chi connectivity index (χ1n) is 12.6. The van der Waals surface area contributed by atoms with E-state index in [9.17, 15) is 14.4 Å². The van der Waals surface area contributed by atoms with Crippen molar-refractivity contribution in [3.63, 3.8) is 0 Å². The number of aryl methyl sites for hydroxylation is 1.